The van der Waals surface area contributed by atoms with Crippen LogP contribution in [0.4, 0.5) is 0 Å². The first kappa shape index (κ1) is 12.9. The number of nitrogens with one attached hydrogen (secondary N) is 1. The number of rotatable bonds is 7. The Morgan fingerprint density at radius 1 is 1.06 bits per heavy atom. The van der Waals surface area contributed by atoms with Crippen LogP contribution in [-0.2, 0) is 6.42 Å². The van der Waals surface area contributed by atoms with Crippen molar-refractivity contribution in [3.05, 3.63) is 60.1 Å². The summed E-state index contributed by atoms with van der Waals surface area (Å²) >= 11 is 0. The number of benzene rings is 1. The number of aryl methyl sites for hydroxylation is 1. The van der Waals surface area contributed by atoms with Crippen molar-refractivity contribution in [3.63, 3.8) is 0 Å². The summed E-state index contributed by atoms with van der Waals surface area (Å²) < 4.78 is 5.36. The summed E-state index contributed by atoms with van der Waals surface area (Å²) in [7, 11) is 0. The Balaban J connectivity index is 1.59. The first-order valence-corrected chi connectivity index (χ1v) is 6.67. The van der Waals surface area contributed by atoms with Crippen LogP contribution in [0.3, 0.4) is 0 Å². The number of furan rings is 1. The van der Waals surface area contributed by atoms with Crippen LogP contribution in [0.25, 0.3) is 0 Å². The summed E-state index contributed by atoms with van der Waals surface area (Å²) in [5, 5.41) is 3.48. The minimum absolute atomic E-state index is 0.303. The van der Waals surface area contributed by atoms with Crippen LogP contribution in [0.15, 0.2) is 53.1 Å². The molecule has 1 N–H and O–H groups in total. The zero-order valence-electron chi connectivity index (χ0n) is 10.9. The van der Waals surface area contributed by atoms with E-state index in [9.17, 15) is 0 Å². The van der Waals surface area contributed by atoms with Crippen molar-refractivity contribution in [1.29, 1.82) is 0 Å². The lowest BCUT2D eigenvalue weighted by Crippen LogP contribution is -2.19. The van der Waals surface area contributed by atoms with Gasteiger partial charge in [-0.05, 0) is 50.4 Å². The van der Waals surface area contributed by atoms with E-state index in [0.717, 1.165) is 18.7 Å². The first-order valence-electron chi connectivity index (χ1n) is 6.67. The molecule has 18 heavy (non-hydrogen) atoms. The lowest BCUT2D eigenvalue weighted by atomic mass is 10.1. The van der Waals surface area contributed by atoms with Gasteiger partial charge in [0, 0.05) is 0 Å². The van der Waals surface area contributed by atoms with Crippen molar-refractivity contribution in [1.82, 2.24) is 5.32 Å². The Labute approximate surface area is 109 Å². The molecule has 0 saturated carbocycles. The molecule has 0 aliphatic rings. The molecule has 1 aromatic carbocycles. The van der Waals surface area contributed by atoms with Gasteiger partial charge in [-0.1, -0.05) is 30.3 Å². The third kappa shape index (κ3) is 4.04. The minimum Gasteiger partial charge on any atom is -0.468 e. The van der Waals surface area contributed by atoms with Gasteiger partial charge in [-0.15, -0.1) is 0 Å². The van der Waals surface area contributed by atoms with Crippen molar-refractivity contribution in [2.45, 2.75) is 32.2 Å². The summed E-state index contributed by atoms with van der Waals surface area (Å²) in [4.78, 5) is 0. The molecular formula is C16H21NO. The predicted molar refractivity (Wildman–Crippen MR) is 74.5 cm³/mol. The van der Waals surface area contributed by atoms with Crippen molar-refractivity contribution >= 4 is 0 Å². The van der Waals surface area contributed by atoms with E-state index in [1.807, 2.05) is 12.1 Å². The van der Waals surface area contributed by atoms with Gasteiger partial charge in [0.1, 0.15) is 5.76 Å². The SMILES string of the molecule is CC(NCCCCc1ccccc1)c1ccco1. The quantitative estimate of drug-likeness (QED) is 0.745. The number of unbranched alkanes of at least 4 members (excludes halogenated alkanes) is 1. The molecule has 1 unspecified atom stereocenters. The average Bonchev–Trinajstić information content (AvgIpc) is 2.93. The molecule has 0 aliphatic carbocycles. The molecular weight excluding hydrogens is 222 g/mol. The first-order chi connectivity index (χ1) is 8.86. The maximum atomic E-state index is 5.36. The van der Waals surface area contributed by atoms with Gasteiger partial charge in [0.15, 0.2) is 0 Å². The zero-order valence-corrected chi connectivity index (χ0v) is 10.9. The maximum absolute atomic E-state index is 5.36. The normalized spacial score (nSPS) is 12.5. The van der Waals surface area contributed by atoms with E-state index in [4.69, 9.17) is 4.42 Å². The minimum atomic E-state index is 0.303. The Morgan fingerprint density at radius 2 is 1.89 bits per heavy atom. The van der Waals surface area contributed by atoms with E-state index in [2.05, 4.69) is 42.6 Å². The molecule has 1 atom stereocenters. The molecule has 0 fully saturated rings. The second-order valence-corrected chi connectivity index (χ2v) is 4.63. The highest BCUT2D eigenvalue weighted by Crippen LogP contribution is 2.12. The smallest absolute Gasteiger partial charge is 0.120 e. The molecule has 0 amide bonds. The molecule has 2 aromatic rings. The average molecular weight is 243 g/mol. The lowest BCUT2D eigenvalue weighted by molar-refractivity contribution is 0.427. The van der Waals surface area contributed by atoms with E-state index in [-0.39, 0.29) is 0 Å². The van der Waals surface area contributed by atoms with E-state index < -0.39 is 0 Å². The summed E-state index contributed by atoms with van der Waals surface area (Å²) in [6.07, 6.45) is 5.31. The fourth-order valence-corrected chi connectivity index (χ4v) is 2.06. The molecule has 2 heteroatoms. The summed E-state index contributed by atoms with van der Waals surface area (Å²) in [5.74, 6) is 1.01. The molecule has 0 bridgehead atoms. The molecule has 1 aromatic heterocycles. The third-order valence-electron chi connectivity index (χ3n) is 3.16. The Kier molecular flexibility index (Phi) is 5.03. The van der Waals surface area contributed by atoms with E-state index in [1.165, 1.54) is 18.4 Å². The van der Waals surface area contributed by atoms with Crippen molar-refractivity contribution in [3.8, 4) is 0 Å². The molecule has 0 saturated heterocycles. The van der Waals surface area contributed by atoms with Gasteiger partial charge in [-0.25, -0.2) is 0 Å². The monoisotopic (exact) mass is 243 g/mol. The van der Waals surface area contributed by atoms with Gasteiger partial charge < -0.3 is 9.73 Å². The molecule has 2 nitrogen and oxygen atoms in total. The van der Waals surface area contributed by atoms with Crippen LogP contribution in [0.2, 0.25) is 0 Å². The van der Waals surface area contributed by atoms with E-state index >= 15 is 0 Å². The molecule has 0 radical (unpaired) electrons. The van der Waals surface area contributed by atoms with Crippen molar-refractivity contribution in [2.24, 2.45) is 0 Å². The predicted octanol–water partition coefficient (Wildman–Crippen LogP) is 3.95. The van der Waals surface area contributed by atoms with Gasteiger partial charge in [0.05, 0.1) is 12.3 Å². The highest BCUT2D eigenvalue weighted by Gasteiger charge is 2.05. The lowest BCUT2D eigenvalue weighted by Gasteiger charge is -2.10. The van der Waals surface area contributed by atoms with E-state index in [1.54, 1.807) is 6.26 Å². The van der Waals surface area contributed by atoms with Gasteiger partial charge >= 0.3 is 0 Å². The second kappa shape index (κ2) is 7.02. The zero-order chi connectivity index (χ0) is 12.6. The van der Waals surface area contributed by atoms with Crippen LogP contribution < -0.4 is 5.32 Å². The number of hydrogen-bond donors (Lipinski definition) is 1. The van der Waals surface area contributed by atoms with Crippen molar-refractivity contribution < 1.29 is 4.42 Å². The highest BCUT2D eigenvalue weighted by molar-refractivity contribution is 5.14. The standard InChI is InChI=1S/C16H21NO/c1-14(16-11-7-13-18-16)17-12-6-5-10-15-8-3-2-4-9-15/h2-4,7-9,11,13-14,17H,5-6,10,12H2,1H3. The van der Waals surface area contributed by atoms with Crippen molar-refractivity contribution in [2.75, 3.05) is 6.54 Å². The van der Waals surface area contributed by atoms with Crippen LogP contribution in [-0.4, -0.2) is 6.54 Å². The van der Waals surface area contributed by atoms with Crippen LogP contribution in [0, 0.1) is 0 Å². The van der Waals surface area contributed by atoms with Crippen LogP contribution >= 0.6 is 0 Å². The Hall–Kier alpha value is -1.54. The van der Waals surface area contributed by atoms with Crippen LogP contribution in [0.1, 0.15) is 37.1 Å². The topological polar surface area (TPSA) is 25.2 Å². The molecule has 1 heterocycles. The summed E-state index contributed by atoms with van der Waals surface area (Å²) in [5.41, 5.74) is 1.43. The second-order valence-electron chi connectivity index (χ2n) is 4.63. The summed E-state index contributed by atoms with van der Waals surface area (Å²) in [6, 6.07) is 14.9. The van der Waals surface area contributed by atoms with E-state index in [0.29, 0.717) is 6.04 Å². The highest BCUT2D eigenvalue weighted by atomic mass is 16.3. The Morgan fingerprint density at radius 3 is 2.61 bits per heavy atom. The molecule has 0 spiro atoms. The largest absolute Gasteiger partial charge is 0.468 e. The van der Waals surface area contributed by atoms with Crippen LogP contribution in [0.5, 0.6) is 0 Å². The third-order valence-corrected chi connectivity index (χ3v) is 3.16. The number of hydrogen-bond acceptors (Lipinski definition) is 2. The van der Waals surface area contributed by atoms with Gasteiger partial charge in [-0.2, -0.15) is 0 Å². The fraction of sp³-hybridized carbons (Fsp3) is 0.375. The Bertz CT molecular complexity index is 422. The molecule has 96 valence electrons. The van der Waals surface area contributed by atoms with Gasteiger partial charge in [-0.3, -0.25) is 0 Å². The maximum Gasteiger partial charge on any atom is 0.120 e. The summed E-state index contributed by atoms with van der Waals surface area (Å²) in [6.45, 7) is 3.17. The molecule has 2 rings (SSSR count). The van der Waals surface area contributed by atoms with Gasteiger partial charge in [0.25, 0.3) is 0 Å². The fourth-order valence-electron chi connectivity index (χ4n) is 2.06. The molecule has 0 aliphatic heterocycles. The van der Waals surface area contributed by atoms with Gasteiger partial charge in [0.2, 0.25) is 0 Å².